The average Bonchev–Trinajstić information content (AvgIpc) is 2.81. The highest BCUT2D eigenvalue weighted by atomic mass is 16.5. The second kappa shape index (κ2) is 9.34. The van der Waals surface area contributed by atoms with Crippen LogP contribution < -0.4 is 16.4 Å². The minimum absolute atomic E-state index is 0.289. The van der Waals surface area contributed by atoms with E-state index in [1.165, 1.54) is 6.33 Å². The van der Waals surface area contributed by atoms with Gasteiger partial charge >= 0.3 is 5.97 Å². The van der Waals surface area contributed by atoms with Crippen molar-refractivity contribution in [3.8, 4) is 0 Å². The Morgan fingerprint density at radius 1 is 0.938 bits per heavy atom. The van der Waals surface area contributed by atoms with E-state index in [9.17, 15) is 4.79 Å². The van der Waals surface area contributed by atoms with Gasteiger partial charge in [0.2, 0.25) is 0 Å². The first-order valence-corrected chi connectivity index (χ1v) is 10.4. The summed E-state index contributed by atoms with van der Waals surface area (Å²) in [4.78, 5) is 20.7. The number of fused-ring (bicyclic) bond motifs is 1. The summed E-state index contributed by atoms with van der Waals surface area (Å²) in [6, 6.07) is 21.1. The Hall–Kier alpha value is -4.13. The molecule has 0 aliphatic heterocycles. The molecule has 0 unspecified atom stereocenters. The maximum absolute atomic E-state index is 12.1. The first-order valence-electron chi connectivity index (χ1n) is 10.4. The van der Waals surface area contributed by atoms with Crippen molar-refractivity contribution in [2.75, 3.05) is 23.0 Å². The number of hydrogen-bond acceptors (Lipinski definition) is 7. The Labute approximate surface area is 186 Å². The van der Waals surface area contributed by atoms with Gasteiger partial charge in [0.15, 0.2) is 11.6 Å². The third-order valence-electron chi connectivity index (χ3n) is 4.86. The van der Waals surface area contributed by atoms with Crippen molar-refractivity contribution in [3.05, 3.63) is 78.6 Å². The van der Waals surface area contributed by atoms with Crippen LogP contribution in [-0.2, 0) is 4.74 Å². The largest absolute Gasteiger partial charge is 0.462 e. The predicted octanol–water partition coefficient (Wildman–Crippen LogP) is 5.51. The Balaban J connectivity index is 1.51. The monoisotopic (exact) mass is 427 g/mol. The summed E-state index contributed by atoms with van der Waals surface area (Å²) in [5.74, 6) is 0.927. The second-order valence-corrected chi connectivity index (χ2v) is 7.83. The molecule has 0 fully saturated rings. The van der Waals surface area contributed by atoms with Gasteiger partial charge in [-0.15, -0.1) is 0 Å². The molecule has 0 radical (unpaired) electrons. The number of nitrogen functional groups attached to an aromatic ring is 1. The lowest BCUT2D eigenvalue weighted by Gasteiger charge is -2.14. The van der Waals surface area contributed by atoms with E-state index in [1.807, 2.05) is 44.2 Å². The Morgan fingerprint density at radius 2 is 1.62 bits per heavy atom. The van der Waals surface area contributed by atoms with Gasteiger partial charge in [0.25, 0.3) is 0 Å². The number of esters is 1. The number of carbonyl (C=O) groups is 1. The van der Waals surface area contributed by atoms with E-state index in [0.717, 1.165) is 22.1 Å². The molecule has 4 N–H and O–H groups in total. The maximum Gasteiger partial charge on any atom is 0.338 e. The molecule has 1 heterocycles. The predicted molar refractivity (Wildman–Crippen MR) is 129 cm³/mol. The molecule has 0 bridgehead atoms. The molecule has 4 aromatic rings. The fraction of sp³-hybridized carbons (Fsp3) is 0.160. The Kier molecular flexibility index (Phi) is 6.17. The molecule has 0 atom stereocenters. The van der Waals surface area contributed by atoms with Gasteiger partial charge in [-0.2, -0.15) is 0 Å². The first kappa shape index (κ1) is 21.1. The van der Waals surface area contributed by atoms with Gasteiger partial charge in [0.05, 0.1) is 12.2 Å². The van der Waals surface area contributed by atoms with Crippen LogP contribution in [0, 0.1) is 5.92 Å². The smallest absolute Gasteiger partial charge is 0.338 e. The third-order valence-corrected chi connectivity index (χ3v) is 4.86. The molecular formula is C25H25N5O2. The number of nitrogens with one attached hydrogen (secondary N) is 2. The topological polar surface area (TPSA) is 102 Å². The number of aromatic nitrogens is 2. The molecule has 7 nitrogen and oxygen atoms in total. The summed E-state index contributed by atoms with van der Waals surface area (Å²) in [7, 11) is 0. The Bertz CT molecular complexity index is 1230. The molecule has 0 aliphatic carbocycles. The van der Waals surface area contributed by atoms with Crippen molar-refractivity contribution in [2.24, 2.45) is 5.92 Å². The zero-order chi connectivity index (χ0) is 22.5. The molecule has 3 aromatic carbocycles. The molecule has 0 saturated carbocycles. The summed E-state index contributed by atoms with van der Waals surface area (Å²) in [5, 5.41) is 8.69. The van der Waals surface area contributed by atoms with Crippen molar-refractivity contribution in [2.45, 2.75) is 13.8 Å². The van der Waals surface area contributed by atoms with E-state index in [0.29, 0.717) is 29.5 Å². The van der Waals surface area contributed by atoms with E-state index in [4.69, 9.17) is 10.5 Å². The molecule has 7 heteroatoms. The maximum atomic E-state index is 12.1. The van der Waals surface area contributed by atoms with E-state index in [2.05, 4.69) is 32.7 Å². The zero-order valence-electron chi connectivity index (χ0n) is 18.0. The highest BCUT2D eigenvalue weighted by Gasteiger charge is 2.12. The summed E-state index contributed by atoms with van der Waals surface area (Å²) >= 11 is 0. The Morgan fingerprint density at radius 3 is 2.38 bits per heavy atom. The van der Waals surface area contributed by atoms with E-state index in [1.54, 1.807) is 24.3 Å². The number of rotatable bonds is 7. The number of benzene rings is 3. The van der Waals surface area contributed by atoms with Crippen LogP contribution in [0.2, 0.25) is 0 Å². The first-order chi connectivity index (χ1) is 15.5. The van der Waals surface area contributed by atoms with Crippen LogP contribution in [0.3, 0.4) is 0 Å². The van der Waals surface area contributed by atoms with E-state index >= 15 is 0 Å². The van der Waals surface area contributed by atoms with E-state index < -0.39 is 0 Å². The number of hydrogen-bond donors (Lipinski definition) is 3. The average molecular weight is 428 g/mol. The highest BCUT2D eigenvalue weighted by molar-refractivity contribution is 5.96. The normalized spacial score (nSPS) is 10.8. The molecule has 4 rings (SSSR count). The fourth-order valence-corrected chi connectivity index (χ4v) is 3.21. The van der Waals surface area contributed by atoms with Gasteiger partial charge in [-0.25, -0.2) is 14.8 Å². The van der Waals surface area contributed by atoms with Gasteiger partial charge in [0, 0.05) is 16.8 Å². The molecule has 162 valence electrons. The summed E-state index contributed by atoms with van der Waals surface area (Å²) < 4.78 is 5.26. The van der Waals surface area contributed by atoms with Crippen molar-refractivity contribution in [1.29, 1.82) is 0 Å². The van der Waals surface area contributed by atoms with E-state index in [-0.39, 0.29) is 11.9 Å². The number of nitrogens with two attached hydrogens (primary N) is 1. The van der Waals surface area contributed by atoms with Crippen molar-refractivity contribution < 1.29 is 9.53 Å². The molecule has 0 amide bonds. The number of nitrogens with zero attached hydrogens (tertiary/aromatic N) is 2. The molecule has 0 aliphatic rings. The number of carbonyl (C=O) groups excluding carboxylic acids is 1. The van der Waals surface area contributed by atoms with Gasteiger partial charge in [-0.1, -0.05) is 50.2 Å². The van der Waals surface area contributed by atoms with Gasteiger partial charge in [0.1, 0.15) is 12.0 Å². The van der Waals surface area contributed by atoms with Crippen LogP contribution >= 0.6 is 0 Å². The summed E-state index contributed by atoms with van der Waals surface area (Å²) in [6.07, 6.45) is 1.45. The molecule has 0 spiro atoms. The minimum Gasteiger partial charge on any atom is -0.462 e. The summed E-state index contributed by atoms with van der Waals surface area (Å²) in [5.41, 5.74) is 8.87. The number of anilines is 5. The van der Waals surface area contributed by atoms with Crippen LogP contribution in [0.4, 0.5) is 28.7 Å². The number of ether oxygens (including phenoxy) is 1. The van der Waals surface area contributed by atoms with Crippen LogP contribution in [0.1, 0.15) is 24.2 Å². The third kappa shape index (κ3) is 4.78. The van der Waals surface area contributed by atoms with Crippen LogP contribution in [0.5, 0.6) is 0 Å². The van der Waals surface area contributed by atoms with Crippen LogP contribution in [0.15, 0.2) is 73.1 Å². The molecule has 1 aromatic heterocycles. The minimum atomic E-state index is -0.339. The SMILES string of the molecule is CC(C)COC(=O)c1ccc(Nc2ncnc(Nc3cccc4ccccc34)c2N)cc1. The van der Waals surface area contributed by atoms with Crippen molar-refractivity contribution in [3.63, 3.8) is 0 Å². The highest BCUT2D eigenvalue weighted by Crippen LogP contribution is 2.31. The quantitative estimate of drug-likeness (QED) is 0.334. The van der Waals surface area contributed by atoms with Gasteiger partial charge in [-0.05, 0) is 41.6 Å². The van der Waals surface area contributed by atoms with Gasteiger partial charge in [-0.3, -0.25) is 0 Å². The fourth-order valence-electron chi connectivity index (χ4n) is 3.21. The van der Waals surface area contributed by atoms with Crippen molar-refractivity contribution >= 4 is 45.4 Å². The lowest BCUT2D eigenvalue weighted by atomic mass is 10.1. The molecular weight excluding hydrogens is 402 g/mol. The molecule has 0 saturated heterocycles. The van der Waals surface area contributed by atoms with Crippen molar-refractivity contribution in [1.82, 2.24) is 9.97 Å². The lowest BCUT2D eigenvalue weighted by molar-refractivity contribution is 0.0459. The van der Waals surface area contributed by atoms with Crippen LogP contribution in [0.25, 0.3) is 10.8 Å². The van der Waals surface area contributed by atoms with Crippen LogP contribution in [-0.4, -0.2) is 22.5 Å². The lowest BCUT2D eigenvalue weighted by Crippen LogP contribution is -2.10. The standard InChI is InChI=1S/C25H25N5O2/c1-16(2)14-32-25(31)18-10-12-19(13-11-18)29-23-22(26)24(28-15-27-23)30-21-9-5-7-17-6-3-4-8-20(17)21/h3-13,15-16H,14,26H2,1-2H3,(H2,27,28,29,30). The molecule has 32 heavy (non-hydrogen) atoms. The summed E-state index contributed by atoms with van der Waals surface area (Å²) in [6.45, 7) is 4.38. The zero-order valence-corrected chi connectivity index (χ0v) is 18.0. The van der Waals surface area contributed by atoms with Gasteiger partial charge < -0.3 is 21.1 Å². The second-order valence-electron chi connectivity index (χ2n) is 7.83.